The molecule has 0 aliphatic rings. The highest BCUT2D eigenvalue weighted by Crippen LogP contribution is 2.27. The van der Waals surface area contributed by atoms with Crippen molar-refractivity contribution in [1.82, 2.24) is 5.32 Å². The van der Waals surface area contributed by atoms with Crippen molar-refractivity contribution in [3.05, 3.63) is 28.2 Å². The molecule has 1 aromatic carbocycles. The number of methoxy groups -OCH3 is 1. The number of quaternary nitrogens is 1. The van der Waals surface area contributed by atoms with Gasteiger partial charge in [0.05, 0.1) is 17.7 Å². The zero-order valence-corrected chi connectivity index (χ0v) is 15.9. The lowest BCUT2D eigenvalue weighted by molar-refractivity contribution is -0.682. The number of benzene rings is 1. The van der Waals surface area contributed by atoms with Gasteiger partial charge in [-0.2, -0.15) is 5.26 Å². The number of hydrogen-bond donors (Lipinski definition) is 2. The minimum absolute atomic E-state index is 0.0476. The third-order valence-electron chi connectivity index (χ3n) is 4.14. The van der Waals surface area contributed by atoms with Gasteiger partial charge in [0.1, 0.15) is 17.3 Å². The predicted molar refractivity (Wildman–Crippen MR) is 92.9 cm³/mol. The molecule has 1 rings (SSSR count). The summed E-state index contributed by atoms with van der Waals surface area (Å²) in [6.45, 7) is 7.90. The van der Waals surface area contributed by atoms with Gasteiger partial charge in [0.15, 0.2) is 6.54 Å². The molecule has 6 heteroatoms. The van der Waals surface area contributed by atoms with Crippen LogP contribution in [0.15, 0.2) is 22.7 Å². The highest BCUT2D eigenvalue weighted by molar-refractivity contribution is 9.10. The number of nitriles is 1. The molecule has 2 atom stereocenters. The average molecular weight is 383 g/mol. The Labute approximate surface area is 146 Å². The van der Waals surface area contributed by atoms with E-state index in [0.29, 0.717) is 0 Å². The monoisotopic (exact) mass is 382 g/mol. The van der Waals surface area contributed by atoms with E-state index in [1.165, 1.54) is 0 Å². The first-order chi connectivity index (χ1) is 10.7. The average Bonchev–Trinajstić information content (AvgIpc) is 2.52. The maximum Gasteiger partial charge on any atom is 0.276 e. The predicted octanol–water partition coefficient (Wildman–Crippen LogP) is 2.14. The van der Waals surface area contributed by atoms with E-state index in [1.807, 2.05) is 44.3 Å². The summed E-state index contributed by atoms with van der Waals surface area (Å²) < 4.78 is 6.10. The Bertz CT molecular complexity index is 598. The third-order valence-corrected chi connectivity index (χ3v) is 4.76. The van der Waals surface area contributed by atoms with Gasteiger partial charge in [-0.25, -0.2) is 0 Å². The molecule has 126 valence electrons. The number of carbonyl (C=O) groups excluding carboxylic acids is 1. The number of nitrogens with two attached hydrogens (primary N) is 1. The number of nitrogens with one attached hydrogen (secondary N) is 1. The summed E-state index contributed by atoms with van der Waals surface area (Å²) in [5.41, 5.74) is 0.259. The number of halogens is 1. The van der Waals surface area contributed by atoms with Crippen LogP contribution >= 0.6 is 15.9 Å². The van der Waals surface area contributed by atoms with Crippen LogP contribution in [0.3, 0.4) is 0 Å². The van der Waals surface area contributed by atoms with Gasteiger partial charge in [0.2, 0.25) is 0 Å². The first-order valence-electron chi connectivity index (χ1n) is 7.62. The summed E-state index contributed by atoms with van der Waals surface area (Å²) in [5.74, 6) is 0.689. The molecule has 0 aromatic heterocycles. The molecule has 1 amide bonds. The number of ether oxygens (including phenoxy) is 1. The van der Waals surface area contributed by atoms with Crippen LogP contribution in [0.5, 0.6) is 5.75 Å². The lowest BCUT2D eigenvalue weighted by atomic mass is 9.90. The second-order valence-corrected chi connectivity index (χ2v) is 6.99. The number of hydrogen-bond acceptors (Lipinski definition) is 3. The SMILES string of the molecule is COc1ccc([C@@H](C)[NH2+]CC(=O)N[C@@](C)(C#N)C(C)C)cc1Br. The minimum atomic E-state index is -0.836. The molecular formula is C17H25BrN3O2+. The van der Waals surface area contributed by atoms with Crippen LogP contribution in [0.25, 0.3) is 0 Å². The van der Waals surface area contributed by atoms with E-state index in [9.17, 15) is 10.1 Å². The van der Waals surface area contributed by atoms with Crippen molar-refractivity contribution in [3.63, 3.8) is 0 Å². The molecule has 0 radical (unpaired) electrons. The van der Waals surface area contributed by atoms with E-state index in [4.69, 9.17) is 4.74 Å². The van der Waals surface area contributed by atoms with Gasteiger partial charge >= 0.3 is 0 Å². The topological polar surface area (TPSA) is 78.7 Å². The van der Waals surface area contributed by atoms with E-state index >= 15 is 0 Å². The Morgan fingerprint density at radius 2 is 2.13 bits per heavy atom. The van der Waals surface area contributed by atoms with Gasteiger partial charge in [-0.05, 0) is 53.9 Å². The number of carbonyl (C=O) groups is 1. The molecule has 0 bridgehead atoms. The zero-order chi connectivity index (χ0) is 17.6. The van der Waals surface area contributed by atoms with E-state index in [-0.39, 0.29) is 24.4 Å². The van der Waals surface area contributed by atoms with Crippen LogP contribution < -0.4 is 15.4 Å². The van der Waals surface area contributed by atoms with Gasteiger partial charge in [0, 0.05) is 5.56 Å². The van der Waals surface area contributed by atoms with Crippen LogP contribution in [0.2, 0.25) is 0 Å². The first-order valence-corrected chi connectivity index (χ1v) is 8.41. The summed E-state index contributed by atoms with van der Waals surface area (Å²) in [6.07, 6.45) is 0. The molecule has 3 N–H and O–H groups in total. The van der Waals surface area contributed by atoms with E-state index < -0.39 is 5.54 Å². The molecule has 0 heterocycles. The van der Waals surface area contributed by atoms with Gasteiger partial charge in [0.25, 0.3) is 5.91 Å². The van der Waals surface area contributed by atoms with Crippen molar-refractivity contribution in [2.24, 2.45) is 5.92 Å². The molecule has 0 saturated heterocycles. The minimum Gasteiger partial charge on any atom is -0.496 e. The third kappa shape index (κ3) is 5.22. The molecule has 5 nitrogen and oxygen atoms in total. The normalized spacial score (nSPS) is 14.7. The van der Waals surface area contributed by atoms with Crippen LogP contribution in [0, 0.1) is 17.2 Å². The molecule has 0 spiro atoms. The van der Waals surface area contributed by atoms with Crippen LogP contribution in [0.1, 0.15) is 39.3 Å². The van der Waals surface area contributed by atoms with Crippen molar-refractivity contribution >= 4 is 21.8 Å². The molecule has 23 heavy (non-hydrogen) atoms. The van der Waals surface area contributed by atoms with Gasteiger partial charge in [-0.3, -0.25) is 4.79 Å². The Morgan fingerprint density at radius 1 is 1.48 bits per heavy atom. The molecule has 0 fully saturated rings. The van der Waals surface area contributed by atoms with Gasteiger partial charge < -0.3 is 15.4 Å². The van der Waals surface area contributed by atoms with E-state index in [2.05, 4.69) is 27.3 Å². The molecule has 0 aliphatic heterocycles. The second-order valence-electron chi connectivity index (χ2n) is 6.14. The smallest absolute Gasteiger partial charge is 0.276 e. The van der Waals surface area contributed by atoms with Crippen molar-refractivity contribution in [2.75, 3.05) is 13.7 Å². The summed E-state index contributed by atoms with van der Waals surface area (Å²) in [6, 6.07) is 8.17. The Hall–Kier alpha value is -1.58. The number of amides is 1. The maximum atomic E-state index is 12.1. The van der Waals surface area contributed by atoms with Crippen molar-refractivity contribution in [1.29, 1.82) is 5.26 Å². The fraction of sp³-hybridized carbons (Fsp3) is 0.529. The van der Waals surface area contributed by atoms with E-state index in [0.717, 1.165) is 15.8 Å². The summed E-state index contributed by atoms with van der Waals surface area (Å²) in [5, 5.41) is 14.0. The Morgan fingerprint density at radius 3 is 2.61 bits per heavy atom. The summed E-state index contributed by atoms with van der Waals surface area (Å²) in [4.78, 5) is 12.1. The maximum absolute atomic E-state index is 12.1. The van der Waals surface area contributed by atoms with Crippen molar-refractivity contribution in [2.45, 2.75) is 39.3 Å². The number of nitrogens with zero attached hydrogens (tertiary/aromatic N) is 1. The summed E-state index contributed by atoms with van der Waals surface area (Å²) >= 11 is 3.47. The fourth-order valence-corrected chi connectivity index (χ4v) is 2.59. The van der Waals surface area contributed by atoms with Crippen LogP contribution in [0.4, 0.5) is 0 Å². The Balaban J connectivity index is 2.62. The summed E-state index contributed by atoms with van der Waals surface area (Å²) in [7, 11) is 1.63. The lowest BCUT2D eigenvalue weighted by Crippen LogP contribution is -2.87. The Kier molecular flexibility index (Phi) is 7.04. The standard InChI is InChI=1S/C17H24BrN3O2/c1-11(2)17(4,10-19)21-16(22)9-20-12(3)13-6-7-15(23-5)14(18)8-13/h6-8,11-12,20H,9H2,1-5H3,(H,21,22)/p+1/t12-,17+/m1/s1. The second kappa shape index (κ2) is 8.32. The molecule has 0 aliphatic carbocycles. The van der Waals surface area contributed by atoms with Crippen LogP contribution in [-0.2, 0) is 4.79 Å². The highest BCUT2D eigenvalue weighted by Gasteiger charge is 2.30. The largest absolute Gasteiger partial charge is 0.496 e. The van der Waals surface area contributed by atoms with Crippen LogP contribution in [-0.4, -0.2) is 25.1 Å². The number of rotatable bonds is 7. The van der Waals surface area contributed by atoms with Crippen molar-refractivity contribution in [3.8, 4) is 11.8 Å². The molecule has 0 saturated carbocycles. The lowest BCUT2D eigenvalue weighted by Gasteiger charge is -2.27. The van der Waals surface area contributed by atoms with E-state index in [1.54, 1.807) is 14.0 Å². The molecule has 0 unspecified atom stereocenters. The first kappa shape index (κ1) is 19.5. The quantitative estimate of drug-likeness (QED) is 0.757. The highest BCUT2D eigenvalue weighted by atomic mass is 79.9. The zero-order valence-electron chi connectivity index (χ0n) is 14.3. The van der Waals surface area contributed by atoms with Gasteiger partial charge in [-0.1, -0.05) is 13.8 Å². The molecular weight excluding hydrogens is 358 g/mol. The van der Waals surface area contributed by atoms with Gasteiger partial charge in [-0.15, -0.1) is 0 Å². The van der Waals surface area contributed by atoms with Crippen molar-refractivity contribution < 1.29 is 14.8 Å². The molecule has 1 aromatic rings. The fourth-order valence-electron chi connectivity index (χ4n) is 2.03.